The summed E-state index contributed by atoms with van der Waals surface area (Å²) < 4.78 is 12.4. The summed E-state index contributed by atoms with van der Waals surface area (Å²) in [7, 11) is -0.884. The van der Waals surface area contributed by atoms with Crippen molar-refractivity contribution in [3.05, 3.63) is 41.6 Å². The highest BCUT2D eigenvalue weighted by Gasteiger charge is 2.47. The van der Waals surface area contributed by atoms with E-state index >= 15 is 0 Å². The monoisotopic (exact) mass is 504 g/mol. The normalized spacial score (nSPS) is 16.4. The van der Waals surface area contributed by atoms with Gasteiger partial charge in [0.05, 0.1) is 31.0 Å². The Morgan fingerprint density at radius 3 is 2.20 bits per heavy atom. The number of rotatable bonds is 10. The highest BCUT2D eigenvalue weighted by Crippen LogP contribution is 2.46. The van der Waals surface area contributed by atoms with Crippen molar-refractivity contribution in [2.24, 2.45) is 0 Å². The number of allylic oxidation sites excluding steroid dienone is 2. The Labute approximate surface area is 209 Å². The van der Waals surface area contributed by atoms with Crippen LogP contribution in [0.4, 0.5) is 10.5 Å². The Morgan fingerprint density at radius 1 is 1.14 bits per heavy atom. The summed E-state index contributed by atoms with van der Waals surface area (Å²) in [4.78, 5) is 26.7. The first-order valence-electron chi connectivity index (χ1n) is 12.1. The lowest BCUT2D eigenvalue weighted by molar-refractivity contribution is 0.0732. The van der Waals surface area contributed by atoms with Gasteiger partial charge in [0.15, 0.2) is 5.75 Å². The average molecular weight is 505 g/mol. The number of aliphatic hydroxyl groups excluding tert-OH is 1. The molecule has 8 nitrogen and oxygen atoms in total. The third kappa shape index (κ3) is 5.90. The van der Waals surface area contributed by atoms with Crippen molar-refractivity contribution >= 4 is 26.0 Å². The number of carboxylic acid groups (broad SMARTS) is 1. The Hall–Kier alpha value is -2.78. The van der Waals surface area contributed by atoms with Gasteiger partial charge in [-0.05, 0) is 41.6 Å². The van der Waals surface area contributed by atoms with Crippen molar-refractivity contribution in [1.29, 1.82) is 0 Å². The molecular weight excluding hydrogens is 464 g/mol. The second-order valence-electron chi connectivity index (χ2n) is 9.86. The van der Waals surface area contributed by atoms with E-state index in [9.17, 15) is 19.8 Å². The van der Waals surface area contributed by atoms with Gasteiger partial charge in [-0.3, -0.25) is 10.1 Å². The molecule has 1 aliphatic heterocycles. The van der Waals surface area contributed by atoms with E-state index in [2.05, 4.69) is 46.9 Å². The van der Waals surface area contributed by atoms with Crippen LogP contribution in [-0.4, -0.2) is 55.2 Å². The predicted octanol–water partition coefficient (Wildman–Crippen LogP) is 6.01. The van der Waals surface area contributed by atoms with Crippen LogP contribution < -0.4 is 14.5 Å². The van der Waals surface area contributed by atoms with E-state index < -0.39 is 26.4 Å². The number of anilines is 1. The number of methoxy groups -OCH3 is 1. The van der Waals surface area contributed by atoms with Crippen LogP contribution in [0.25, 0.3) is 0 Å². The molecule has 0 aliphatic carbocycles. The minimum absolute atomic E-state index is 0.113. The van der Waals surface area contributed by atoms with Gasteiger partial charge in [-0.25, -0.2) is 4.79 Å². The largest absolute Gasteiger partial charge is 0.540 e. The summed E-state index contributed by atoms with van der Waals surface area (Å²) in [6, 6.07) is 2.64. The van der Waals surface area contributed by atoms with Crippen molar-refractivity contribution in [2.75, 3.05) is 19.0 Å². The zero-order chi connectivity index (χ0) is 26.5. The van der Waals surface area contributed by atoms with E-state index in [1.54, 1.807) is 12.3 Å². The first-order chi connectivity index (χ1) is 16.4. The minimum Gasteiger partial charge on any atom is -0.540 e. The van der Waals surface area contributed by atoms with Gasteiger partial charge in [-0.2, -0.15) is 0 Å². The van der Waals surface area contributed by atoms with E-state index in [0.717, 1.165) is 5.57 Å². The predicted molar refractivity (Wildman–Crippen MR) is 141 cm³/mol. The summed E-state index contributed by atoms with van der Waals surface area (Å²) in [6.45, 7) is 14.6. The molecule has 194 valence electrons. The molecule has 3 N–H and O–H groups in total. The molecule has 1 aliphatic rings. The fourth-order valence-electron chi connectivity index (χ4n) is 5.29. The number of nitrogens with zero attached hydrogens (tertiary/aromatic N) is 1. The van der Waals surface area contributed by atoms with Gasteiger partial charge in [0.25, 0.3) is 14.2 Å². The molecule has 0 bridgehead atoms. The quantitative estimate of drug-likeness (QED) is 0.337. The molecule has 0 aromatic heterocycles. The molecule has 1 aromatic rings. The van der Waals surface area contributed by atoms with E-state index in [0.29, 0.717) is 17.9 Å². The van der Waals surface area contributed by atoms with Crippen LogP contribution in [0.2, 0.25) is 16.6 Å². The lowest BCUT2D eigenvalue weighted by atomic mass is 10.1. The van der Waals surface area contributed by atoms with Crippen molar-refractivity contribution in [3.63, 3.8) is 0 Å². The Kier molecular flexibility index (Phi) is 9.57. The van der Waals surface area contributed by atoms with E-state index in [-0.39, 0.29) is 34.5 Å². The maximum Gasteiger partial charge on any atom is 0.409 e. The second-order valence-corrected chi connectivity index (χ2v) is 15.2. The maximum absolute atomic E-state index is 13.6. The van der Waals surface area contributed by atoms with Gasteiger partial charge in [0.1, 0.15) is 5.75 Å². The third-order valence-corrected chi connectivity index (χ3v) is 12.8. The van der Waals surface area contributed by atoms with Crippen LogP contribution in [0.15, 0.2) is 36.1 Å². The zero-order valence-electron chi connectivity index (χ0n) is 22.1. The van der Waals surface area contributed by atoms with E-state index in [1.807, 2.05) is 19.1 Å². The van der Waals surface area contributed by atoms with Gasteiger partial charge in [-0.1, -0.05) is 53.7 Å². The van der Waals surface area contributed by atoms with Crippen molar-refractivity contribution in [3.8, 4) is 11.5 Å². The van der Waals surface area contributed by atoms with Gasteiger partial charge in [-0.15, -0.1) is 0 Å². The molecule has 1 heterocycles. The smallest absolute Gasteiger partial charge is 0.409 e. The highest BCUT2D eigenvalue weighted by atomic mass is 28.4. The number of hydrogen-bond acceptors (Lipinski definition) is 5. The Balaban J connectivity index is 2.65. The number of hydrogen-bond donors (Lipinski definition) is 3. The van der Waals surface area contributed by atoms with Gasteiger partial charge >= 0.3 is 6.09 Å². The van der Waals surface area contributed by atoms with E-state index in [1.165, 1.54) is 18.1 Å². The van der Waals surface area contributed by atoms with Crippen molar-refractivity contribution in [1.82, 2.24) is 4.90 Å². The molecule has 1 unspecified atom stereocenters. The lowest BCUT2D eigenvalue weighted by Gasteiger charge is -2.42. The maximum atomic E-state index is 13.6. The highest BCUT2D eigenvalue weighted by molar-refractivity contribution is 6.78. The van der Waals surface area contributed by atoms with Crippen LogP contribution >= 0.6 is 0 Å². The van der Waals surface area contributed by atoms with Gasteiger partial charge in [0.2, 0.25) is 0 Å². The number of amides is 2. The summed E-state index contributed by atoms with van der Waals surface area (Å²) in [5.41, 5.74) is 2.00. The molecular formula is C26H40N2O6Si. The number of carbonyl (C=O) groups is 2. The first-order valence-corrected chi connectivity index (χ1v) is 14.2. The molecule has 1 aromatic carbocycles. The van der Waals surface area contributed by atoms with Gasteiger partial charge < -0.3 is 24.3 Å². The summed E-state index contributed by atoms with van der Waals surface area (Å²) in [6.07, 6.45) is 4.67. The Bertz CT molecular complexity index is 965. The van der Waals surface area contributed by atoms with Crippen LogP contribution in [0, 0.1) is 0 Å². The number of carbonyl (C=O) groups excluding carboxylic acids is 1. The third-order valence-electron chi connectivity index (χ3n) is 6.77. The summed E-state index contributed by atoms with van der Waals surface area (Å²) in [5, 5.41) is 21.7. The topological polar surface area (TPSA) is 108 Å². The molecule has 0 spiro atoms. The van der Waals surface area contributed by atoms with Crippen LogP contribution in [0.1, 0.15) is 65.2 Å². The molecule has 0 saturated heterocycles. The van der Waals surface area contributed by atoms with E-state index in [4.69, 9.17) is 9.16 Å². The summed E-state index contributed by atoms with van der Waals surface area (Å²) in [5.74, 6) is 0.346. The summed E-state index contributed by atoms with van der Waals surface area (Å²) >= 11 is 0. The molecule has 0 saturated carbocycles. The van der Waals surface area contributed by atoms with Crippen molar-refractivity contribution in [2.45, 2.75) is 77.6 Å². The zero-order valence-corrected chi connectivity index (χ0v) is 23.1. The molecule has 1 atom stereocenters. The SMILES string of the molecule is CC=CC1=CN(C(=O)c2cc(OC)c(O[Si](C(C)C)(C(C)C)C(C)C)cc2NC(=O)O)C(CO)C1. The van der Waals surface area contributed by atoms with Crippen LogP contribution in [-0.2, 0) is 0 Å². The van der Waals surface area contributed by atoms with Crippen LogP contribution in [0.5, 0.6) is 11.5 Å². The number of nitrogens with one attached hydrogen (secondary N) is 1. The van der Waals surface area contributed by atoms with Crippen molar-refractivity contribution < 1.29 is 29.0 Å². The molecule has 2 rings (SSSR count). The fourth-order valence-corrected chi connectivity index (χ4v) is 10.5. The molecule has 0 fully saturated rings. The number of ether oxygens (including phenoxy) is 1. The van der Waals surface area contributed by atoms with Gasteiger partial charge in [0, 0.05) is 12.3 Å². The Morgan fingerprint density at radius 2 is 1.74 bits per heavy atom. The standard InChI is InChI=1S/C26H40N2O6Si/c1-9-10-19-11-20(15-29)28(14-19)25(30)21-12-23(33-8)24(13-22(21)27-26(31)32)34-35(16(2)3,17(4)5)18(6)7/h9-10,12-14,16-18,20,27,29H,11,15H2,1-8H3,(H,31,32). The molecule has 35 heavy (non-hydrogen) atoms. The minimum atomic E-state index is -2.38. The first kappa shape index (κ1) is 28.5. The molecule has 2 amide bonds. The molecule has 9 heteroatoms. The fraction of sp³-hybridized carbons (Fsp3) is 0.538. The second kappa shape index (κ2) is 11.8. The average Bonchev–Trinajstić information content (AvgIpc) is 3.19. The number of aliphatic hydroxyl groups is 1. The number of benzene rings is 1. The van der Waals surface area contributed by atoms with Crippen LogP contribution in [0.3, 0.4) is 0 Å². The molecule has 0 radical (unpaired) electrons. The lowest BCUT2D eigenvalue weighted by Crippen LogP contribution is -2.50.